The van der Waals surface area contributed by atoms with E-state index in [9.17, 15) is 18.5 Å². The van der Waals surface area contributed by atoms with Crippen LogP contribution in [0.5, 0.6) is 5.75 Å². The van der Waals surface area contributed by atoms with Gasteiger partial charge in [-0.25, -0.2) is 8.42 Å². The van der Waals surface area contributed by atoms with E-state index in [4.69, 9.17) is 27.0 Å². The van der Waals surface area contributed by atoms with Gasteiger partial charge < -0.3 is 4.74 Å². The molecule has 0 saturated carbocycles. The second kappa shape index (κ2) is 4.44. The van der Waals surface area contributed by atoms with Gasteiger partial charge in [-0.05, 0) is 0 Å². The van der Waals surface area contributed by atoms with Crippen LogP contribution in [0.1, 0.15) is 0 Å². The van der Waals surface area contributed by atoms with Crippen LogP contribution in [0.4, 0.5) is 5.69 Å². The van der Waals surface area contributed by atoms with Gasteiger partial charge in [0.15, 0.2) is 5.02 Å². The summed E-state index contributed by atoms with van der Waals surface area (Å²) in [4.78, 5) is 9.33. The first kappa shape index (κ1) is 13.0. The van der Waals surface area contributed by atoms with E-state index in [0.717, 1.165) is 12.1 Å². The molecule has 0 aromatic heterocycles. The lowest BCUT2D eigenvalue weighted by Crippen LogP contribution is -1.97. The van der Waals surface area contributed by atoms with E-state index >= 15 is 0 Å². The third-order valence-electron chi connectivity index (χ3n) is 1.69. The third-order valence-corrected chi connectivity index (χ3v) is 3.40. The van der Waals surface area contributed by atoms with Gasteiger partial charge in [-0.15, -0.1) is 0 Å². The van der Waals surface area contributed by atoms with Crippen molar-refractivity contribution in [2.24, 2.45) is 0 Å². The minimum atomic E-state index is -4.08. The average molecular weight is 286 g/mol. The molecule has 16 heavy (non-hydrogen) atoms. The molecular formula is C7H5Cl2NO5S. The zero-order valence-corrected chi connectivity index (χ0v) is 10.1. The summed E-state index contributed by atoms with van der Waals surface area (Å²) < 4.78 is 26.8. The van der Waals surface area contributed by atoms with Gasteiger partial charge in [-0.3, -0.25) is 10.1 Å². The van der Waals surface area contributed by atoms with Crippen LogP contribution in [-0.2, 0) is 9.05 Å². The molecule has 0 amide bonds. The van der Waals surface area contributed by atoms with E-state index in [0.29, 0.717) is 0 Å². The summed E-state index contributed by atoms with van der Waals surface area (Å²) in [6, 6.07) is 1.78. The highest BCUT2D eigenvalue weighted by molar-refractivity contribution is 8.13. The Morgan fingerprint density at radius 1 is 1.44 bits per heavy atom. The number of nitrogens with zero attached hydrogens (tertiary/aromatic N) is 1. The van der Waals surface area contributed by atoms with Gasteiger partial charge in [0.1, 0.15) is 5.75 Å². The molecule has 1 aromatic rings. The second-order valence-electron chi connectivity index (χ2n) is 2.65. The topological polar surface area (TPSA) is 86.5 Å². The summed E-state index contributed by atoms with van der Waals surface area (Å²) in [5.41, 5.74) is -0.583. The van der Waals surface area contributed by atoms with Crippen molar-refractivity contribution in [3.63, 3.8) is 0 Å². The summed E-state index contributed by atoms with van der Waals surface area (Å²) in [6.45, 7) is 0. The van der Waals surface area contributed by atoms with Crippen LogP contribution >= 0.6 is 22.3 Å². The lowest BCUT2D eigenvalue weighted by atomic mass is 10.3. The highest BCUT2D eigenvalue weighted by Crippen LogP contribution is 2.37. The summed E-state index contributed by atoms with van der Waals surface area (Å²) in [7, 11) is 2.19. The fourth-order valence-electron chi connectivity index (χ4n) is 0.981. The Morgan fingerprint density at radius 3 is 2.38 bits per heavy atom. The van der Waals surface area contributed by atoms with Crippen LogP contribution in [0.25, 0.3) is 0 Å². The maximum atomic E-state index is 11.0. The second-order valence-corrected chi connectivity index (χ2v) is 5.60. The minimum Gasteiger partial charge on any atom is -0.495 e. The lowest BCUT2D eigenvalue weighted by Gasteiger charge is -2.05. The Bertz CT molecular complexity index is 542. The maximum absolute atomic E-state index is 11.0. The third kappa shape index (κ3) is 2.55. The Labute approximate surface area is 100 Å². The molecule has 9 heteroatoms. The van der Waals surface area contributed by atoms with E-state index in [-0.39, 0.29) is 10.8 Å². The predicted molar refractivity (Wildman–Crippen MR) is 57.7 cm³/mol. The molecule has 0 aliphatic rings. The molecule has 0 bridgehead atoms. The van der Waals surface area contributed by atoms with Crippen molar-refractivity contribution in [1.29, 1.82) is 0 Å². The number of ether oxygens (including phenoxy) is 1. The van der Waals surface area contributed by atoms with Crippen molar-refractivity contribution in [2.45, 2.75) is 4.90 Å². The van der Waals surface area contributed by atoms with Crippen LogP contribution in [-0.4, -0.2) is 20.5 Å². The molecule has 0 atom stereocenters. The van der Waals surface area contributed by atoms with Crippen LogP contribution in [0.3, 0.4) is 0 Å². The van der Waals surface area contributed by atoms with Gasteiger partial charge >= 0.3 is 0 Å². The number of halogens is 2. The average Bonchev–Trinajstić information content (AvgIpc) is 2.15. The molecule has 0 radical (unpaired) electrons. The molecule has 0 aliphatic carbocycles. The molecule has 6 nitrogen and oxygen atoms in total. The van der Waals surface area contributed by atoms with E-state index in [2.05, 4.69) is 0 Å². The molecule has 0 N–H and O–H groups in total. The van der Waals surface area contributed by atoms with Crippen LogP contribution < -0.4 is 4.74 Å². The highest BCUT2D eigenvalue weighted by Gasteiger charge is 2.23. The number of hydrogen-bond acceptors (Lipinski definition) is 5. The molecule has 88 valence electrons. The Kier molecular flexibility index (Phi) is 3.61. The van der Waals surface area contributed by atoms with Crippen molar-refractivity contribution in [3.05, 3.63) is 27.3 Å². The largest absolute Gasteiger partial charge is 0.495 e. The summed E-state index contributed by atoms with van der Waals surface area (Å²) >= 11 is 5.62. The first-order valence-electron chi connectivity index (χ1n) is 3.74. The summed E-state index contributed by atoms with van der Waals surface area (Å²) in [5, 5.41) is 10.3. The number of benzene rings is 1. The predicted octanol–water partition coefficient (Wildman–Crippen LogP) is 2.18. The standard InChI is InChI=1S/C7H5Cl2NO5S/c1-15-6-3-4(16(9,13)14)2-5(7(6)8)10(11)12/h2-3H,1H3. The van der Waals surface area contributed by atoms with Crippen LogP contribution in [0.2, 0.25) is 5.02 Å². The van der Waals surface area contributed by atoms with E-state index in [1.54, 1.807) is 0 Å². The lowest BCUT2D eigenvalue weighted by molar-refractivity contribution is -0.385. The van der Waals surface area contributed by atoms with Gasteiger partial charge in [0, 0.05) is 22.8 Å². The normalized spacial score (nSPS) is 11.2. The van der Waals surface area contributed by atoms with Gasteiger partial charge in [0.05, 0.1) is 16.9 Å². The van der Waals surface area contributed by atoms with E-state index in [1.807, 2.05) is 0 Å². The van der Waals surface area contributed by atoms with Gasteiger partial charge in [0.25, 0.3) is 14.7 Å². The van der Waals surface area contributed by atoms with E-state index < -0.39 is 24.6 Å². The zero-order chi connectivity index (χ0) is 12.5. The molecular weight excluding hydrogens is 281 g/mol. The number of nitro groups is 1. The Hall–Kier alpha value is -1.05. The van der Waals surface area contributed by atoms with Gasteiger partial charge in [-0.1, -0.05) is 11.6 Å². The Balaban J connectivity index is 3.59. The minimum absolute atomic E-state index is 0.130. The van der Waals surface area contributed by atoms with Crippen molar-refractivity contribution < 1.29 is 18.1 Å². The molecule has 1 aromatic carbocycles. The molecule has 0 fully saturated rings. The number of hydrogen-bond donors (Lipinski definition) is 0. The van der Waals surface area contributed by atoms with Crippen molar-refractivity contribution in [3.8, 4) is 5.75 Å². The molecule has 1 rings (SSSR count). The SMILES string of the molecule is COc1cc(S(=O)(=O)Cl)cc([N+](=O)[O-])c1Cl. The first-order valence-corrected chi connectivity index (χ1v) is 6.42. The van der Waals surface area contributed by atoms with Crippen LogP contribution in [0, 0.1) is 10.1 Å². The van der Waals surface area contributed by atoms with Crippen molar-refractivity contribution >= 4 is 37.0 Å². The summed E-state index contributed by atoms with van der Waals surface area (Å²) in [5.74, 6) is -0.130. The fourth-order valence-corrected chi connectivity index (χ4v) is 2.00. The molecule has 0 aliphatic heterocycles. The molecule has 0 saturated heterocycles. The monoisotopic (exact) mass is 285 g/mol. The summed E-state index contributed by atoms with van der Waals surface area (Å²) in [6.07, 6.45) is 0. The van der Waals surface area contributed by atoms with Crippen LogP contribution in [0.15, 0.2) is 17.0 Å². The van der Waals surface area contributed by atoms with Crippen molar-refractivity contribution in [1.82, 2.24) is 0 Å². The van der Waals surface area contributed by atoms with Gasteiger partial charge in [0.2, 0.25) is 0 Å². The number of methoxy groups -OCH3 is 1. The highest BCUT2D eigenvalue weighted by atomic mass is 35.7. The number of nitro benzene ring substituents is 1. The maximum Gasteiger partial charge on any atom is 0.293 e. The van der Waals surface area contributed by atoms with Crippen molar-refractivity contribution in [2.75, 3.05) is 7.11 Å². The van der Waals surface area contributed by atoms with E-state index in [1.165, 1.54) is 7.11 Å². The molecule has 0 unspecified atom stereocenters. The zero-order valence-electron chi connectivity index (χ0n) is 7.81. The number of rotatable bonds is 3. The fraction of sp³-hybridized carbons (Fsp3) is 0.143. The molecule has 0 heterocycles. The quantitative estimate of drug-likeness (QED) is 0.483. The van der Waals surface area contributed by atoms with Gasteiger partial charge in [-0.2, -0.15) is 0 Å². The first-order chi connectivity index (χ1) is 7.27. The Morgan fingerprint density at radius 2 is 2.00 bits per heavy atom. The molecule has 0 spiro atoms. The smallest absolute Gasteiger partial charge is 0.293 e.